The first-order valence-corrected chi connectivity index (χ1v) is 11.2. The first kappa shape index (κ1) is 25.6. The van der Waals surface area contributed by atoms with Gasteiger partial charge in [-0.1, -0.05) is 30.3 Å². The highest BCUT2D eigenvalue weighted by atomic mass is 16.6. The van der Waals surface area contributed by atoms with E-state index in [1.54, 1.807) is 18.7 Å². The lowest BCUT2D eigenvalue weighted by molar-refractivity contribution is -0.156. The van der Waals surface area contributed by atoms with Gasteiger partial charge >= 0.3 is 18.0 Å². The van der Waals surface area contributed by atoms with Gasteiger partial charge in [-0.2, -0.15) is 0 Å². The van der Waals surface area contributed by atoms with Crippen molar-refractivity contribution in [1.29, 1.82) is 0 Å². The molecule has 0 radical (unpaired) electrons. The molecule has 8 nitrogen and oxygen atoms in total. The number of benzene rings is 1. The fraction of sp³-hybridized carbons (Fsp3) is 0.625. The topological polar surface area (TPSA) is 85.4 Å². The maximum Gasteiger partial charge on any atom is 0.410 e. The molecule has 2 unspecified atom stereocenters. The van der Waals surface area contributed by atoms with E-state index < -0.39 is 23.7 Å². The number of hydrogen-bond donors (Lipinski definition) is 0. The van der Waals surface area contributed by atoms with E-state index in [0.29, 0.717) is 19.5 Å². The van der Waals surface area contributed by atoms with Gasteiger partial charge in [0.1, 0.15) is 5.60 Å². The molecule has 178 valence electrons. The molecule has 0 aliphatic carbocycles. The first-order valence-electron chi connectivity index (χ1n) is 11.2. The lowest BCUT2D eigenvalue weighted by Gasteiger charge is -2.43. The highest BCUT2D eigenvalue weighted by molar-refractivity contribution is 5.75. The second-order valence-corrected chi connectivity index (χ2v) is 8.84. The molecule has 0 saturated carbocycles. The summed E-state index contributed by atoms with van der Waals surface area (Å²) in [5.74, 6) is -1.16. The van der Waals surface area contributed by atoms with E-state index in [1.807, 2.05) is 56.0 Å². The number of likely N-dealkylation sites (tertiary alicyclic amines) is 1. The SMILES string of the molecule is CCOC(=O)CN(Cc1ccccc1)C1CN(C(=O)OC(C)(C)C)CCC1C(=O)OCC. The molecule has 0 aromatic heterocycles. The van der Waals surface area contributed by atoms with E-state index in [-0.39, 0.29) is 38.2 Å². The van der Waals surface area contributed by atoms with Gasteiger partial charge in [0, 0.05) is 25.7 Å². The van der Waals surface area contributed by atoms with Gasteiger partial charge in [0.25, 0.3) is 0 Å². The third kappa shape index (κ3) is 7.82. The molecular formula is C24H36N2O6. The van der Waals surface area contributed by atoms with Crippen LogP contribution >= 0.6 is 0 Å². The highest BCUT2D eigenvalue weighted by Gasteiger charge is 2.41. The van der Waals surface area contributed by atoms with Crippen LogP contribution in [0.5, 0.6) is 0 Å². The number of carbonyl (C=O) groups excluding carboxylic acids is 3. The van der Waals surface area contributed by atoms with Crippen molar-refractivity contribution in [3.8, 4) is 0 Å². The van der Waals surface area contributed by atoms with Gasteiger partial charge in [0.05, 0.1) is 25.7 Å². The van der Waals surface area contributed by atoms with Crippen molar-refractivity contribution in [2.75, 3.05) is 32.8 Å². The van der Waals surface area contributed by atoms with Gasteiger partial charge in [0.15, 0.2) is 0 Å². The van der Waals surface area contributed by atoms with Crippen molar-refractivity contribution in [3.63, 3.8) is 0 Å². The maximum atomic E-state index is 12.8. The smallest absolute Gasteiger partial charge is 0.410 e. The number of piperidine rings is 1. The number of ether oxygens (including phenoxy) is 3. The van der Waals surface area contributed by atoms with Gasteiger partial charge in [-0.25, -0.2) is 4.79 Å². The van der Waals surface area contributed by atoms with Crippen LogP contribution < -0.4 is 0 Å². The van der Waals surface area contributed by atoms with E-state index in [1.165, 1.54) is 0 Å². The molecule has 1 amide bonds. The summed E-state index contributed by atoms with van der Waals surface area (Å²) in [5, 5.41) is 0. The molecule has 1 fully saturated rings. The summed E-state index contributed by atoms with van der Waals surface area (Å²) >= 11 is 0. The van der Waals surface area contributed by atoms with Crippen molar-refractivity contribution in [2.45, 2.75) is 59.2 Å². The van der Waals surface area contributed by atoms with Crippen LogP contribution in [0, 0.1) is 5.92 Å². The number of esters is 2. The van der Waals surface area contributed by atoms with Crippen LogP contribution in [-0.2, 0) is 30.3 Å². The molecule has 1 heterocycles. The number of rotatable bonds is 8. The molecule has 1 aliphatic rings. The molecule has 8 heteroatoms. The van der Waals surface area contributed by atoms with Crippen LogP contribution in [-0.4, -0.2) is 72.3 Å². The second-order valence-electron chi connectivity index (χ2n) is 8.84. The van der Waals surface area contributed by atoms with Crippen molar-refractivity contribution < 1.29 is 28.6 Å². The van der Waals surface area contributed by atoms with Gasteiger partial charge in [0.2, 0.25) is 0 Å². The number of amides is 1. The van der Waals surface area contributed by atoms with E-state index in [2.05, 4.69) is 0 Å². The molecule has 0 bridgehead atoms. The monoisotopic (exact) mass is 448 g/mol. The van der Waals surface area contributed by atoms with Gasteiger partial charge < -0.3 is 19.1 Å². The third-order valence-corrected chi connectivity index (χ3v) is 5.16. The lowest BCUT2D eigenvalue weighted by atomic mass is 9.90. The average Bonchev–Trinajstić information content (AvgIpc) is 2.72. The van der Waals surface area contributed by atoms with E-state index in [0.717, 1.165) is 5.56 Å². The lowest BCUT2D eigenvalue weighted by Crippen LogP contribution is -2.57. The van der Waals surface area contributed by atoms with Crippen LogP contribution in [0.3, 0.4) is 0 Å². The summed E-state index contributed by atoms with van der Waals surface area (Å²) in [5.41, 5.74) is 0.368. The van der Waals surface area contributed by atoms with Crippen molar-refractivity contribution in [3.05, 3.63) is 35.9 Å². The Labute approximate surface area is 190 Å². The zero-order valence-corrected chi connectivity index (χ0v) is 19.8. The molecule has 1 saturated heterocycles. The minimum absolute atomic E-state index is 0.00542. The molecule has 0 N–H and O–H groups in total. The number of hydrogen-bond acceptors (Lipinski definition) is 7. The Kier molecular flexibility index (Phi) is 9.50. The van der Waals surface area contributed by atoms with Crippen molar-refractivity contribution >= 4 is 18.0 Å². The van der Waals surface area contributed by atoms with Crippen LogP contribution in [0.4, 0.5) is 4.79 Å². The van der Waals surface area contributed by atoms with E-state index >= 15 is 0 Å². The molecule has 1 aromatic carbocycles. The Morgan fingerprint density at radius 1 is 1.06 bits per heavy atom. The fourth-order valence-electron chi connectivity index (χ4n) is 3.80. The van der Waals surface area contributed by atoms with Crippen LogP contribution in [0.25, 0.3) is 0 Å². The van der Waals surface area contributed by atoms with Crippen LogP contribution in [0.2, 0.25) is 0 Å². The third-order valence-electron chi connectivity index (χ3n) is 5.16. The Balaban J connectivity index is 2.32. The Bertz CT molecular complexity index is 762. The second kappa shape index (κ2) is 11.9. The van der Waals surface area contributed by atoms with Crippen molar-refractivity contribution in [1.82, 2.24) is 9.80 Å². The number of nitrogens with zero attached hydrogens (tertiary/aromatic N) is 2. The standard InChI is InChI=1S/C24H36N2O6/c1-6-30-21(27)17-26(15-18-11-9-8-10-12-18)20-16-25(23(29)32-24(3,4)5)14-13-19(20)22(28)31-7-2/h8-12,19-20H,6-7,13-17H2,1-5H3. The average molecular weight is 449 g/mol. The van der Waals surface area contributed by atoms with Crippen LogP contribution in [0.1, 0.15) is 46.6 Å². The molecule has 1 aliphatic heterocycles. The maximum absolute atomic E-state index is 12.8. The fourth-order valence-corrected chi connectivity index (χ4v) is 3.80. The molecule has 2 atom stereocenters. The number of carbonyl (C=O) groups is 3. The Morgan fingerprint density at radius 2 is 1.72 bits per heavy atom. The zero-order valence-electron chi connectivity index (χ0n) is 19.8. The minimum atomic E-state index is -0.626. The summed E-state index contributed by atoms with van der Waals surface area (Å²) in [7, 11) is 0. The summed E-state index contributed by atoms with van der Waals surface area (Å²) < 4.78 is 16.1. The summed E-state index contributed by atoms with van der Waals surface area (Å²) in [4.78, 5) is 41.4. The van der Waals surface area contributed by atoms with Gasteiger partial charge in [-0.15, -0.1) is 0 Å². The Morgan fingerprint density at radius 3 is 2.31 bits per heavy atom. The minimum Gasteiger partial charge on any atom is -0.466 e. The molecular weight excluding hydrogens is 412 g/mol. The summed E-state index contributed by atoms with van der Waals surface area (Å²) in [6.45, 7) is 10.6. The highest BCUT2D eigenvalue weighted by Crippen LogP contribution is 2.27. The molecule has 0 spiro atoms. The summed E-state index contributed by atoms with van der Waals surface area (Å²) in [6.07, 6.45) is -0.00256. The normalized spacial score (nSPS) is 18.9. The largest absolute Gasteiger partial charge is 0.466 e. The Hall–Kier alpha value is -2.61. The van der Waals surface area contributed by atoms with Crippen LogP contribution in [0.15, 0.2) is 30.3 Å². The quantitative estimate of drug-likeness (QED) is 0.446. The predicted molar refractivity (Wildman–Crippen MR) is 120 cm³/mol. The van der Waals surface area contributed by atoms with Gasteiger partial charge in [-0.3, -0.25) is 14.5 Å². The first-order chi connectivity index (χ1) is 15.1. The van der Waals surface area contributed by atoms with Gasteiger partial charge in [-0.05, 0) is 46.6 Å². The summed E-state index contributed by atoms with van der Waals surface area (Å²) in [6, 6.07) is 9.28. The zero-order chi connectivity index (χ0) is 23.7. The van der Waals surface area contributed by atoms with Crippen molar-refractivity contribution in [2.24, 2.45) is 5.92 Å². The predicted octanol–water partition coefficient (Wildman–Crippen LogP) is 3.24. The van der Waals surface area contributed by atoms with E-state index in [4.69, 9.17) is 14.2 Å². The molecule has 32 heavy (non-hydrogen) atoms. The van der Waals surface area contributed by atoms with E-state index in [9.17, 15) is 14.4 Å². The molecule has 1 aromatic rings. The molecule has 2 rings (SSSR count).